The van der Waals surface area contributed by atoms with Crippen LogP contribution in [0.15, 0.2) is 21.7 Å². The van der Waals surface area contributed by atoms with Gasteiger partial charge in [-0.1, -0.05) is 11.3 Å². The van der Waals surface area contributed by atoms with Crippen LogP contribution in [0.25, 0.3) is 0 Å². The van der Waals surface area contributed by atoms with E-state index < -0.39 is 0 Å². The van der Waals surface area contributed by atoms with Gasteiger partial charge in [0.25, 0.3) is 0 Å². The summed E-state index contributed by atoms with van der Waals surface area (Å²) >= 11 is 2.02. The van der Waals surface area contributed by atoms with E-state index >= 15 is 0 Å². The molecule has 0 fully saturated rings. The van der Waals surface area contributed by atoms with E-state index in [2.05, 4.69) is 0 Å². The highest BCUT2D eigenvalue weighted by Gasteiger charge is 2.02. The Morgan fingerprint density at radius 2 is 2.71 bits per heavy atom. The highest BCUT2D eigenvalue weighted by atomic mass is 32.2. The minimum atomic E-state index is 0. The molecule has 36 valence electrons. The Kier molecular flexibility index (Phi) is 1.49. The quantitative estimate of drug-likeness (QED) is 0.531. The molecule has 1 aromatic heterocycles. The van der Waals surface area contributed by atoms with Crippen molar-refractivity contribution in [1.29, 1.82) is 0 Å². The van der Waals surface area contributed by atoms with Crippen molar-refractivity contribution in [2.24, 2.45) is 0 Å². The highest BCUT2D eigenvalue weighted by Crippen LogP contribution is 2.06. The summed E-state index contributed by atoms with van der Waals surface area (Å²) in [7, 11) is 0. The van der Waals surface area contributed by atoms with Crippen molar-refractivity contribution in [3.8, 4) is 0 Å². The first-order valence-electron chi connectivity index (χ1n) is 1.77. The standard InChI is InChI=1S/C4H3OS2/c5-7-4-2-1-3-6-4/h1-3H/q+1/p+1. The smallest absolute Gasteiger partial charge is 0.0798 e. The van der Waals surface area contributed by atoms with Crippen LogP contribution in [0.4, 0.5) is 0 Å². The molecule has 1 aromatic rings. The molecule has 0 saturated carbocycles. The summed E-state index contributed by atoms with van der Waals surface area (Å²) in [6.07, 6.45) is 0. The maximum atomic E-state index is 9.92. The molecule has 0 aromatic carbocycles. The van der Waals surface area contributed by atoms with Gasteiger partial charge >= 0.3 is 17.3 Å². The van der Waals surface area contributed by atoms with Crippen LogP contribution < -0.4 is 0 Å². The van der Waals surface area contributed by atoms with Crippen LogP contribution in [0.2, 0.25) is 0 Å². The first kappa shape index (κ1) is 4.87. The van der Waals surface area contributed by atoms with Crippen molar-refractivity contribution in [2.75, 3.05) is 0 Å². The molecule has 0 radical (unpaired) electrons. The zero-order valence-electron chi connectivity index (χ0n) is 4.46. The Labute approximate surface area is 51.0 Å². The molecular formula is C4H4OS2+2. The van der Waals surface area contributed by atoms with Crippen LogP contribution in [0.1, 0.15) is 1.43 Å². The lowest BCUT2D eigenvalue weighted by molar-refractivity contribution is 0.606. The van der Waals surface area contributed by atoms with Crippen molar-refractivity contribution in [3.63, 3.8) is 0 Å². The number of thiophene rings is 1. The molecule has 0 spiro atoms. The van der Waals surface area contributed by atoms with Gasteiger partial charge in [-0.25, -0.2) is 0 Å². The van der Waals surface area contributed by atoms with Crippen molar-refractivity contribution in [1.82, 2.24) is 0 Å². The molecule has 0 N–H and O–H groups in total. The molecule has 3 heteroatoms. The molecule has 0 aliphatic carbocycles. The molecule has 0 atom stereocenters. The third-order valence-electron chi connectivity index (χ3n) is 0.577. The first-order valence-corrected chi connectivity index (χ1v) is 3.39. The van der Waals surface area contributed by atoms with Gasteiger partial charge in [0, 0.05) is 10.3 Å². The fraction of sp³-hybridized carbons (Fsp3) is 0. The summed E-state index contributed by atoms with van der Waals surface area (Å²) in [5.74, 6) is 0. The Bertz CT molecular complexity index is 149. The minimum Gasteiger partial charge on any atom is -0.0798 e. The van der Waals surface area contributed by atoms with Crippen LogP contribution in [-0.4, -0.2) is 0 Å². The van der Waals surface area contributed by atoms with Gasteiger partial charge in [0.1, 0.15) is 0 Å². The van der Waals surface area contributed by atoms with Crippen LogP contribution >= 0.6 is 11.3 Å². The molecule has 0 aliphatic rings. The van der Waals surface area contributed by atoms with Crippen molar-refractivity contribution in [3.05, 3.63) is 17.5 Å². The second-order valence-corrected chi connectivity index (χ2v) is 2.83. The van der Waals surface area contributed by atoms with Gasteiger partial charge in [0.15, 0.2) is 0 Å². The maximum Gasteiger partial charge on any atom is 1.00 e. The van der Waals surface area contributed by atoms with Gasteiger partial charge in [-0.15, -0.1) is 0 Å². The largest absolute Gasteiger partial charge is 1.00 e. The lowest BCUT2D eigenvalue weighted by atomic mass is 10.7. The molecule has 0 saturated heterocycles. The van der Waals surface area contributed by atoms with E-state index in [0.29, 0.717) is 11.7 Å². The van der Waals surface area contributed by atoms with Gasteiger partial charge in [-0.2, -0.15) is 0 Å². The normalized spacial score (nSPS) is 8.57. The molecule has 0 amide bonds. The monoisotopic (exact) mass is 132 g/mol. The number of hydrogen-bond acceptors (Lipinski definition) is 2. The SMILES string of the molecule is O=[S+]c1cccs1.[H+]. The third-order valence-corrected chi connectivity index (χ3v) is 2.03. The summed E-state index contributed by atoms with van der Waals surface area (Å²) < 4.78 is 10.8. The van der Waals surface area contributed by atoms with Crippen LogP contribution in [0.3, 0.4) is 0 Å². The Balaban J connectivity index is 0.000000490. The minimum absolute atomic E-state index is 0. The van der Waals surface area contributed by atoms with Crippen LogP contribution in [0.5, 0.6) is 0 Å². The first-order chi connectivity index (χ1) is 3.43. The third kappa shape index (κ3) is 1.04. The zero-order chi connectivity index (χ0) is 5.11. The molecule has 7 heavy (non-hydrogen) atoms. The second-order valence-electron chi connectivity index (χ2n) is 1.02. The lowest BCUT2D eigenvalue weighted by Gasteiger charge is -1.45. The summed E-state index contributed by atoms with van der Waals surface area (Å²) in [6, 6.07) is 3.67. The van der Waals surface area contributed by atoms with E-state index in [1.807, 2.05) is 17.5 Å². The lowest BCUT2D eigenvalue weighted by Crippen LogP contribution is -1.51. The predicted molar refractivity (Wildman–Crippen MR) is 31.7 cm³/mol. The van der Waals surface area contributed by atoms with Crippen LogP contribution in [-0.2, 0) is 15.9 Å². The van der Waals surface area contributed by atoms with Gasteiger partial charge in [-0.3, -0.25) is 0 Å². The predicted octanol–water partition coefficient (Wildman–Crippen LogP) is 1.65. The zero-order valence-corrected chi connectivity index (χ0v) is 5.09. The Hall–Kier alpha value is -0.280. The van der Waals surface area contributed by atoms with E-state index in [1.54, 1.807) is 0 Å². The van der Waals surface area contributed by atoms with Crippen LogP contribution in [0, 0.1) is 0 Å². The van der Waals surface area contributed by atoms with Crippen molar-refractivity contribution >= 4 is 23.0 Å². The molecule has 0 aliphatic heterocycles. The molecule has 1 rings (SSSR count). The summed E-state index contributed by atoms with van der Waals surface area (Å²) in [5, 5.41) is 1.89. The van der Waals surface area contributed by atoms with E-state index in [9.17, 15) is 4.21 Å². The summed E-state index contributed by atoms with van der Waals surface area (Å²) in [4.78, 5) is 0. The second kappa shape index (κ2) is 2.14. The molecule has 0 unspecified atom stereocenters. The fourth-order valence-corrected chi connectivity index (χ4v) is 1.22. The molecule has 1 nitrogen and oxygen atoms in total. The maximum absolute atomic E-state index is 9.92. The summed E-state index contributed by atoms with van der Waals surface area (Å²) in [6.45, 7) is 0. The topological polar surface area (TPSA) is 17.1 Å². The van der Waals surface area contributed by atoms with Gasteiger partial charge in [0.05, 0.1) is 0 Å². The van der Waals surface area contributed by atoms with E-state index in [4.69, 9.17) is 0 Å². The number of hydrogen-bond donors (Lipinski definition) is 0. The molecule has 1 heterocycles. The van der Waals surface area contributed by atoms with E-state index in [-0.39, 0.29) is 1.43 Å². The number of rotatable bonds is 1. The Morgan fingerprint density at radius 1 is 1.86 bits per heavy atom. The average Bonchev–Trinajstić information content (AvgIpc) is 2.14. The van der Waals surface area contributed by atoms with Gasteiger partial charge in [-0.05, 0) is 11.4 Å². The van der Waals surface area contributed by atoms with E-state index in [1.165, 1.54) is 11.3 Å². The Morgan fingerprint density at radius 3 is 3.00 bits per heavy atom. The molecular weight excluding hydrogens is 128 g/mol. The fourth-order valence-electron chi connectivity index (χ4n) is 0.311. The van der Waals surface area contributed by atoms with Gasteiger partial charge in [0.2, 0.25) is 0 Å². The van der Waals surface area contributed by atoms with Crippen molar-refractivity contribution in [2.45, 2.75) is 4.21 Å². The van der Waals surface area contributed by atoms with Gasteiger partial charge < -0.3 is 0 Å². The average molecular weight is 132 g/mol. The highest BCUT2D eigenvalue weighted by molar-refractivity contribution is 7.68. The summed E-state index contributed by atoms with van der Waals surface area (Å²) in [5.41, 5.74) is 0. The van der Waals surface area contributed by atoms with Crippen molar-refractivity contribution < 1.29 is 5.64 Å². The van der Waals surface area contributed by atoms with E-state index in [0.717, 1.165) is 4.21 Å². The molecule has 0 bridgehead atoms.